The second kappa shape index (κ2) is 7.07. The lowest BCUT2D eigenvalue weighted by molar-refractivity contribution is -0.124. The van der Waals surface area contributed by atoms with Crippen LogP contribution in [0.25, 0.3) is 0 Å². The summed E-state index contributed by atoms with van der Waals surface area (Å²) >= 11 is 0. The molecule has 3 N–H and O–H groups in total. The summed E-state index contributed by atoms with van der Waals surface area (Å²) in [6.45, 7) is 9.07. The van der Waals surface area contributed by atoms with Gasteiger partial charge in [-0.3, -0.25) is 9.69 Å². The number of hydrogen-bond acceptors (Lipinski definition) is 5. The van der Waals surface area contributed by atoms with Crippen LogP contribution in [0.2, 0.25) is 0 Å². The molecule has 7 heteroatoms. The fourth-order valence-corrected chi connectivity index (χ4v) is 4.62. The van der Waals surface area contributed by atoms with Crippen LogP contribution in [0.3, 0.4) is 0 Å². The minimum absolute atomic E-state index is 0.0259. The van der Waals surface area contributed by atoms with Gasteiger partial charge in [0.2, 0.25) is 5.91 Å². The summed E-state index contributed by atoms with van der Waals surface area (Å²) in [5, 5.41) is 3.23. The van der Waals surface area contributed by atoms with Crippen LogP contribution >= 0.6 is 0 Å². The molecular formula is C14H29N3O3S. The molecule has 1 aliphatic rings. The molecule has 1 heterocycles. The molecule has 1 amide bonds. The smallest absolute Gasteiger partial charge is 0.237 e. The third-order valence-electron chi connectivity index (χ3n) is 4.30. The first-order chi connectivity index (χ1) is 9.61. The van der Waals surface area contributed by atoms with Crippen molar-refractivity contribution in [2.24, 2.45) is 5.73 Å². The van der Waals surface area contributed by atoms with Gasteiger partial charge in [-0.1, -0.05) is 6.92 Å². The maximum Gasteiger partial charge on any atom is 0.237 e. The van der Waals surface area contributed by atoms with Gasteiger partial charge in [0.15, 0.2) is 9.84 Å². The van der Waals surface area contributed by atoms with E-state index in [0.29, 0.717) is 13.0 Å². The number of nitrogens with one attached hydrogen (secondary N) is 1. The van der Waals surface area contributed by atoms with Gasteiger partial charge >= 0.3 is 0 Å². The summed E-state index contributed by atoms with van der Waals surface area (Å²) in [4.78, 5) is 13.9. The predicted octanol–water partition coefficient (Wildman–Crippen LogP) is 0.128. The normalized spacial score (nSPS) is 27.0. The quantitative estimate of drug-likeness (QED) is 0.696. The molecule has 1 fully saturated rings. The SMILES string of the molecule is CCCNC(C)(CC(C)N1CCS(=O)(=O)CC1C)C(N)=O. The van der Waals surface area contributed by atoms with Crippen molar-refractivity contribution in [3.05, 3.63) is 0 Å². The lowest BCUT2D eigenvalue weighted by atomic mass is 9.91. The van der Waals surface area contributed by atoms with Crippen molar-refractivity contribution in [3.8, 4) is 0 Å². The van der Waals surface area contributed by atoms with Gasteiger partial charge in [-0.05, 0) is 40.2 Å². The Bertz CT molecular complexity index is 466. The standard InChI is InChI=1S/C14H29N3O3S/c1-5-6-16-14(4,13(15)18)9-11(2)17-7-8-21(19,20)10-12(17)3/h11-12,16H,5-10H2,1-4H3,(H2,15,18). The van der Waals surface area contributed by atoms with E-state index in [1.54, 1.807) is 0 Å². The highest BCUT2D eigenvalue weighted by Crippen LogP contribution is 2.21. The molecule has 0 aliphatic carbocycles. The Morgan fingerprint density at radius 2 is 2.14 bits per heavy atom. The van der Waals surface area contributed by atoms with Crippen molar-refractivity contribution in [2.45, 2.75) is 58.2 Å². The Labute approximate surface area is 128 Å². The first kappa shape index (κ1) is 18.4. The molecule has 0 spiro atoms. The van der Waals surface area contributed by atoms with Crippen LogP contribution in [0, 0.1) is 0 Å². The molecule has 124 valence electrons. The molecule has 0 radical (unpaired) electrons. The molecule has 6 nitrogen and oxygen atoms in total. The van der Waals surface area contributed by atoms with E-state index in [4.69, 9.17) is 5.73 Å². The zero-order valence-electron chi connectivity index (χ0n) is 13.6. The Balaban J connectivity index is 2.74. The van der Waals surface area contributed by atoms with E-state index in [-0.39, 0.29) is 29.5 Å². The van der Waals surface area contributed by atoms with Crippen molar-refractivity contribution in [1.82, 2.24) is 10.2 Å². The van der Waals surface area contributed by atoms with Crippen molar-refractivity contribution in [3.63, 3.8) is 0 Å². The third-order valence-corrected chi connectivity index (χ3v) is 6.10. The number of carbonyl (C=O) groups is 1. The van der Waals surface area contributed by atoms with Gasteiger partial charge in [-0.25, -0.2) is 8.42 Å². The maximum absolute atomic E-state index is 11.8. The van der Waals surface area contributed by atoms with E-state index in [2.05, 4.69) is 10.2 Å². The minimum atomic E-state index is -2.92. The van der Waals surface area contributed by atoms with Gasteiger partial charge in [-0.15, -0.1) is 0 Å². The fourth-order valence-electron chi connectivity index (χ4n) is 3.04. The van der Waals surface area contributed by atoms with E-state index < -0.39 is 15.4 Å². The molecule has 0 saturated carbocycles. The van der Waals surface area contributed by atoms with Crippen LogP contribution in [0.15, 0.2) is 0 Å². The second-order valence-electron chi connectivity index (χ2n) is 6.38. The number of hydrogen-bond donors (Lipinski definition) is 2. The Kier molecular flexibility index (Phi) is 6.19. The number of nitrogens with two attached hydrogens (primary N) is 1. The molecule has 0 aromatic rings. The lowest BCUT2D eigenvalue weighted by Gasteiger charge is -2.41. The minimum Gasteiger partial charge on any atom is -0.368 e. The van der Waals surface area contributed by atoms with Gasteiger partial charge in [0.05, 0.1) is 17.0 Å². The maximum atomic E-state index is 11.8. The summed E-state index contributed by atoms with van der Waals surface area (Å²) in [5.74, 6) is 0.0183. The van der Waals surface area contributed by atoms with Crippen LogP contribution in [-0.4, -0.2) is 61.4 Å². The number of sulfone groups is 1. The van der Waals surface area contributed by atoms with Crippen molar-refractivity contribution in [2.75, 3.05) is 24.6 Å². The Morgan fingerprint density at radius 3 is 2.62 bits per heavy atom. The predicted molar refractivity (Wildman–Crippen MR) is 84.8 cm³/mol. The summed E-state index contributed by atoms with van der Waals surface area (Å²) in [6, 6.07) is 0.0689. The van der Waals surface area contributed by atoms with E-state index in [1.807, 2.05) is 27.7 Å². The van der Waals surface area contributed by atoms with E-state index >= 15 is 0 Å². The zero-order valence-corrected chi connectivity index (χ0v) is 14.4. The van der Waals surface area contributed by atoms with Crippen molar-refractivity contribution < 1.29 is 13.2 Å². The first-order valence-electron chi connectivity index (χ1n) is 7.62. The highest BCUT2D eigenvalue weighted by molar-refractivity contribution is 7.91. The molecule has 0 aromatic carbocycles. The number of nitrogens with zero attached hydrogens (tertiary/aromatic N) is 1. The Morgan fingerprint density at radius 1 is 1.52 bits per heavy atom. The largest absolute Gasteiger partial charge is 0.368 e. The lowest BCUT2D eigenvalue weighted by Crippen LogP contribution is -2.59. The summed E-state index contributed by atoms with van der Waals surface area (Å²) in [5.41, 5.74) is 4.79. The summed E-state index contributed by atoms with van der Waals surface area (Å²) in [6.07, 6.45) is 1.50. The van der Waals surface area contributed by atoms with Crippen molar-refractivity contribution >= 4 is 15.7 Å². The third kappa shape index (κ3) is 4.93. The first-order valence-corrected chi connectivity index (χ1v) is 9.44. The van der Waals surface area contributed by atoms with Crippen LogP contribution in [0.4, 0.5) is 0 Å². The number of amides is 1. The van der Waals surface area contributed by atoms with Gasteiger partial charge in [0, 0.05) is 18.6 Å². The van der Waals surface area contributed by atoms with Crippen LogP contribution in [0.1, 0.15) is 40.5 Å². The number of primary amides is 1. The van der Waals surface area contributed by atoms with Gasteiger partial charge < -0.3 is 11.1 Å². The van der Waals surface area contributed by atoms with E-state index in [9.17, 15) is 13.2 Å². The zero-order chi connectivity index (χ0) is 16.3. The van der Waals surface area contributed by atoms with Gasteiger partial charge in [-0.2, -0.15) is 0 Å². The second-order valence-corrected chi connectivity index (χ2v) is 8.61. The van der Waals surface area contributed by atoms with Gasteiger partial charge in [0.1, 0.15) is 0 Å². The topological polar surface area (TPSA) is 92.5 Å². The summed E-state index contributed by atoms with van der Waals surface area (Å²) < 4.78 is 23.3. The molecule has 0 aromatic heterocycles. The average molecular weight is 319 g/mol. The highest BCUT2D eigenvalue weighted by Gasteiger charge is 2.37. The number of rotatable bonds is 7. The van der Waals surface area contributed by atoms with E-state index in [0.717, 1.165) is 13.0 Å². The molecule has 1 saturated heterocycles. The van der Waals surface area contributed by atoms with Crippen LogP contribution in [0.5, 0.6) is 0 Å². The summed E-state index contributed by atoms with van der Waals surface area (Å²) in [7, 11) is -2.92. The highest BCUT2D eigenvalue weighted by atomic mass is 32.2. The van der Waals surface area contributed by atoms with E-state index in [1.165, 1.54) is 0 Å². The van der Waals surface area contributed by atoms with Gasteiger partial charge in [0.25, 0.3) is 0 Å². The molecule has 1 aliphatic heterocycles. The molecular weight excluding hydrogens is 290 g/mol. The van der Waals surface area contributed by atoms with Crippen LogP contribution < -0.4 is 11.1 Å². The van der Waals surface area contributed by atoms with Crippen LogP contribution in [-0.2, 0) is 14.6 Å². The molecule has 21 heavy (non-hydrogen) atoms. The fraction of sp³-hybridized carbons (Fsp3) is 0.929. The molecule has 1 rings (SSSR count). The molecule has 3 atom stereocenters. The average Bonchev–Trinajstić information content (AvgIpc) is 2.34. The Hall–Kier alpha value is -0.660. The van der Waals surface area contributed by atoms with Crippen molar-refractivity contribution in [1.29, 1.82) is 0 Å². The molecule has 0 bridgehead atoms. The number of carbonyl (C=O) groups excluding carboxylic acids is 1. The molecule has 3 unspecified atom stereocenters. The monoisotopic (exact) mass is 319 g/mol.